The minimum atomic E-state index is -0.766. The predicted molar refractivity (Wildman–Crippen MR) is 76.7 cm³/mol. The average Bonchev–Trinajstić information content (AvgIpc) is 2.46. The molecule has 1 aliphatic heterocycles. The Balaban J connectivity index is 2.07. The zero-order chi connectivity index (χ0) is 14.1. The summed E-state index contributed by atoms with van der Waals surface area (Å²) < 4.78 is 0. The lowest BCUT2D eigenvalue weighted by atomic mass is 9.92. The summed E-state index contributed by atoms with van der Waals surface area (Å²) in [6, 6.07) is 7.24. The first kappa shape index (κ1) is 12.8. The molecule has 3 rings (SSSR count). The summed E-state index contributed by atoms with van der Waals surface area (Å²) in [7, 11) is 0. The molecule has 1 fully saturated rings. The third-order valence-corrected chi connectivity index (χ3v) is 3.98. The number of carboxylic acids is 1. The number of hydrogen-bond donors (Lipinski definition) is 1. The van der Waals surface area contributed by atoms with Crippen molar-refractivity contribution < 1.29 is 9.90 Å². The Morgan fingerprint density at radius 3 is 3.00 bits per heavy atom. The van der Waals surface area contributed by atoms with Crippen molar-refractivity contribution in [3.8, 4) is 0 Å². The highest BCUT2D eigenvalue weighted by Gasteiger charge is 2.32. The molecule has 2 atom stereocenters. The van der Waals surface area contributed by atoms with Gasteiger partial charge in [0.2, 0.25) is 0 Å². The van der Waals surface area contributed by atoms with Crippen molar-refractivity contribution in [1.29, 1.82) is 0 Å². The van der Waals surface area contributed by atoms with E-state index in [4.69, 9.17) is 0 Å². The van der Waals surface area contributed by atoms with E-state index in [1.54, 1.807) is 6.20 Å². The lowest BCUT2D eigenvalue weighted by Crippen LogP contribution is -2.47. The fourth-order valence-corrected chi connectivity index (χ4v) is 2.89. The van der Waals surface area contributed by atoms with Crippen LogP contribution in [-0.2, 0) is 4.79 Å². The molecule has 5 heteroatoms. The van der Waals surface area contributed by atoms with Crippen LogP contribution >= 0.6 is 0 Å². The molecule has 0 saturated carbocycles. The Hall–Kier alpha value is -2.17. The molecule has 1 aromatic carbocycles. The third-order valence-electron chi connectivity index (χ3n) is 3.98. The first-order chi connectivity index (χ1) is 9.66. The summed E-state index contributed by atoms with van der Waals surface area (Å²) >= 11 is 0. The second kappa shape index (κ2) is 5.07. The van der Waals surface area contributed by atoms with Crippen LogP contribution in [0.25, 0.3) is 10.9 Å². The Kier molecular flexibility index (Phi) is 3.26. The number of piperidine rings is 1. The molecule has 0 radical (unpaired) electrons. The van der Waals surface area contributed by atoms with Gasteiger partial charge in [0.15, 0.2) is 0 Å². The number of aliphatic carboxylic acids is 1. The first-order valence-corrected chi connectivity index (χ1v) is 6.86. The van der Waals surface area contributed by atoms with Crippen LogP contribution in [0.5, 0.6) is 0 Å². The van der Waals surface area contributed by atoms with E-state index in [-0.39, 0.29) is 0 Å². The van der Waals surface area contributed by atoms with Crippen LogP contribution in [0.3, 0.4) is 0 Å². The zero-order valence-electron chi connectivity index (χ0n) is 11.4. The van der Waals surface area contributed by atoms with Crippen LogP contribution in [0.15, 0.2) is 30.5 Å². The van der Waals surface area contributed by atoms with Crippen molar-refractivity contribution in [2.45, 2.75) is 25.8 Å². The van der Waals surface area contributed by atoms with E-state index in [1.807, 2.05) is 29.2 Å². The fraction of sp³-hybridized carbons (Fsp3) is 0.400. The van der Waals surface area contributed by atoms with Gasteiger partial charge in [-0.25, -0.2) is 4.79 Å². The molecule has 1 N–H and O–H groups in total. The number of aromatic nitrogens is 2. The number of carbonyl (C=O) groups is 1. The van der Waals surface area contributed by atoms with Crippen molar-refractivity contribution in [2.75, 3.05) is 11.4 Å². The summed E-state index contributed by atoms with van der Waals surface area (Å²) in [5.41, 5.74) is 1.67. The van der Waals surface area contributed by atoms with E-state index in [0.29, 0.717) is 12.3 Å². The van der Waals surface area contributed by atoms with Gasteiger partial charge >= 0.3 is 5.97 Å². The normalized spacial score (nSPS) is 22.9. The lowest BCUT2D eigenvalue weighted by molar-refractivity contribution is -0.139. The maximum Gasteiger partial charge on any atom is 0.326 e. The second-order valence-corrected chi connectivity index (χ2v) is 5.42. The van der Waals surface area contributed by atoms with Crippen molar-refractivity contribution in [2.24, 2.45) is 5.92 Å². The number of fused-ring (bicyclic) bond motifs is 1. The van der Waals surface area contributed by atoms with E-state index >= 15 is 0 Å². The summed E-state index contributed by atoms with van der Waals surface area (Å²) in [5, 5.41) is 18.6. The van der Waals surface area contributed by atoms with Gasteiger partial charge in [-0.3, -0.25) is 0 Å². The molecule has 1 saturated heterocycles. The zero-order valence-corrected chi connectivity index (χ0v) is 11.4. The summed E-state index contributed by atoms with van der Waals surface area (Å²) in [5.74, 6) is -0.328. The van der Waals surface area contributed by atoms with Gasteiger partial charge in [0.25, 0.3) is 0 Å². The molecule has 2 unspecified atom stereocenters. The van der Waals surface area contributed by atoms with Gasteiger partial charge in [0.1, 0.15) is 6.04 Å². The lowest BCUT2D eigenvalue weighted by Gasteiger charge is -2.37. The maximum absolute atomic E-state index is 11.5. The molecular formula is C15H17N3O2. The van der Waals surface area contributed by atoms with E-state index in [2.05, 4.69) is 17.1 Å². The Bertz CT molecular complexity index is 639. The number of rotatable bonds is 2. The summed E-state index contributed by atoms with van der Waals surface area (Å²) in [6.07, 6.45) is 3.35. The van der Waals surface area contributed by atoms with Gasteiger partial charge in [-0.15, -0.1) is 0 Å². The van der Waals surface area contributed by atoms with E-state index < -0.39 is 12.0 Å². The molecule has 0 bridgehead atoms. The standard InChI is InChI=1S/C15H17N3O2/c1-10-6-7-18(13(8-10)15(19)20)14-9-16-17-12-5-3-2-4-11(12)14/h2-5,9-10,13H,6-8H2,1H3,(H,19,20). The molecule has 0 aliphatic carbocycles. The summed E-state index contributed by atoms with van der Waals surface area (Å²) in [4.78, 5) is 13.5. The van der Waals surface area contributed by atoms with Crippen LogP contribution in [0, 0.1) is 5.92 Å². The van der Waals surface area contributed by atoms with Gasteiger partial charge in [0.05, 0.1) is 17.4 Å². The number of benzene rings is 1. The van der Waals surface area contributed by atoms with Gasteiger partial charge in [-0.05, 0) is 24.8 Å². The number of carboxylic acid groups (broad SMARTS) is 1. The predicted octanol–water partition coefficient (Wildman–Crippen LogP) is 2.32. The van der Waals surface area contributed by atoms with E-state index in [1.165, 1.54) is 0 Å². The van der Waals surface area contributed by atoms with Gasteiger partial charge in [-0.1, -0.05) is 25.1 Å². The molecule has 1 aromatic heterocycles. The average molecular weight is 271 g/mol. The molecule has 2 aromatic rings. The minimum absolute atomic E-state index is 0.438. The molecule has 1 aliphatic rings. The monoisotopic (exact) mass is 271 g/mol. The Labute approximate surface area is 117 Å². The minimum Gasteiger partial charge on any atom is -0.480 e. The Morgan fingerprint density at radius 1 is 1.40 bits per heavy atom. The largest absolute Gasteiger partial charge is 0.480 e. The SMILES string of the molecule is CC1CCN(c2cnnc3ccccc23)C(C(=O)O)C1. The molecule has 20 heavy (non-hydrogen) atoms. The quantitative estimate of drug-likeness (QED) is 0.908. The first-order valence-electron chi connectivity index (χ1n) is 6.86. The molecule has 5 nitrogen and oxygen atoms in total. The highest BCUT2D eigenvalue weighted by Crippen LogP contribution is 2.31. The summed E-state index contributed by atoms with van der Waals surface area (Å²) in [6.45, 7) is 2.85. The van der Waals surface area contributed by atoms with Crippen LogP contribution in [0.2, 0.25) is 0 Å². The fourth-order valence-electron chi connectivity index (χ4n) is 2.89. The van der Waals surface area contributed by atoms with Gasteiger partial charge in [-0.2, -0.15) is 10.2 Å². The van der Waals surface area contributed by atoms with Crippen molar-refractivity contribution >= 4 is 22.6 Å². The molecule has 2 heterocycles. The number of nitrogens with zero attached hydrogens (tertiary/aromatic N) is 3. The topological polar surface area (TPSA) is 66.3 Å². The highest BCUT2D eigenvalue weighted by atomic mass is 16.4. The van der Waals surface area contributed by atoms with Crippen molar-refractivity contribution in [1.82, 2.24) is 10.2 Å². The highest BCUT2D eigenvalue weighted by molar-refractivity contribution is 5.93. The number of anilines is 1. The maximum atomic E-state index is 11.5. The Morgan fingerprint density at radius 2 is 2.20 bits per heavy atom. The number of hydrogen-bond acceptors (Lipinski definition) is 4. The van der Waals surface area contributed by atoms with Crippen LogP contribution in [-0.4, -0.2) is 33.9 Å². The smallest absolute Gasteiger partial charge is 0.326 e. The van der Waals surface area contributed by atoms with Crippen molar-refractivity contribution in [3.63, 3.8) is 0 Å². The second-order valence-electron chi connectivity index (χ2n) is 5.42. The molecule has 0 amide bonds. The molecule has 0 spiro atoms. The van der Waals surface area contributed by atoms with E-state index in [9.17, 15) is 9.90 Å². The van der Waals surface area contributed by atoms with Crippen LogP contribution < -0.4 is 4.90 Å². The third kappa shape index (κ3) is 2.19. The van der Waals surface area contributed by atoms with E-state index in [0.717, 1.165) is 29.6 Å². The van der Waals surface area contributed by atoms with Crippen LogP contribution in [0.1, 0.15) is 19.8 Å². The molecular weight excluding hydrogens is 254 g/mol. The van der Waals surface area contributed by atoms with Gasteiger partial charge < -0.3 is 10.0 Å². The van der Waals surface area contributed by atoms with Crippen LogP contribution in [0.4, 0.5) is 5.69 Å². The van der Waals surface area contributed by atoms with Crippen molar-refractivity contribution in [3.05, 3.63) is 30.5 Å². The van der Waals surface area contributed by atoms with Gasteiger partial charge in [0, 0.05) is 11.9 Å². The molecule has 104 valence electrons.